The second-order valence-electron chi connectivity index (χ2n) is 5.56. The molecule has 1 aliphatic heterocycles. The number of aromatic nitrogens is 3. The van der Waals surface area contributed by atoms with Gasteiger partial charge in [-0.05, 0) is 13.3 Å². The minimum atomic E-state index is -0.790. The Morgan fingerprint density at radius 1 is 1.00 bits per heavy atom. The molecule has 2 aromatic rings. The van der Waals surface area contributed by atoms with Gasteiger partial charge in [0.1, 0.15) is 12.1 Å². The highest BCUT2D eigenvalue weighted by Gasteiger charge is 2.21. The zero-order valence-electron chi connectivity index (χ0n) is 13.3. The summed E-state index contributed by atoms with van der Waals surface area (Å²) in [6, 6.07) is 2.54. The molecule has 3 heterocycles. The maximum absolute atomic E-state index is 13.3. The van der Waals surface area contributed by atoms with Gasteiger partial charge in [-0.15, -0.1) is 0 Å². The van der Waals surface area contributed by atoms with Crippen molar-refractivity contribution < 1.29 is 8.78 Å². The standard InChI is InChI=1S/C16H19F2N5/c1-3-13-11(2)19-10-20-16(13)23-6-4-22(5-7-23)12-8-14(17)21-15(18)9-12/h8-10H,3-7H2,1-2H3. The minimum Gasteiger partial charge on any atom is -0.368 e. The van der Waals surface area contributed by atoms with Gasteiger partial charge in [0.15, 0.2) is 0 Å². The van der Waals surface area contributed by atoms with E-state index in [1.54, 1.807) is 6.33 Å². The molecule has 3 rings (SSSR count). The maximum atomic E-state index is 13.3. The van der Waals surface area contributed by atoms with E-state index in [9.17, 15) is 8.78 Å². The molecule has 0 atom stereocenters. The van der Waals surface area contributed by atoms with Crippen molar-refractivity contribution in [1.82, 2.24) is 15.0 Å². The quantitative estimate of drug-likeness (QED) is 0.813. The number of aryl methyl sites for hydroxylation is 1. The van der Waals surface area contributed by atoms with Gasteiger partial charge in [0.25, 0.3) is 0 Å². The summed E-state index contributed by atoms with van der Waals surface area (Å²) in [5, 5.41) is 0. The number of pyridine rings is 1. The van der Waals surface area contributed by atoms with Crippen LogP contribution in [0.1, 0.15) is 18.2 Å². The van der Waals surface area contributed by atoms with Crippen molar-refractivity contribution in [2.24, 2.45) is 0 Å². The van der Waals surface area contributed by atoms with Gasteiger partial charge in [0, 0.05) is 55.3 Å². The normalized spacial score (nSPS) is 15.1. The smallest absolute Gasteiger partial charge is 0.217 e. The van der Waals surface area contributed by atoms with Crippen molar-refractivity contribution in [3.05, 3.63) is 41.6 Å². The van der Waals surface area contributed by atoms with E-state index in [1.807, 2.05) is 11.8 Å². The third kappa shape index (κ3) is 3.23. The molecule has 1 aliphatic rings. The maximum Gasteiger partial charge on any atom is 0.217 e. The van der Waals surface area contributed by atoms with Crippen LogP contribution in [0, 0.1) is 18.8 Å². The highest BCUT2D eigenvalue weighted by molar-refractivity contribution is 5.52. The van der Waals surface area contributed by atoms with Crippen molar-refractivity contribution in [3.8, 4) is 0 Å². The first-order valence-electron chi connectivity index (χ1n) is 7.72. The van der Waals surface area contributed by atoms with E-state index < -0.39 is 11.9 Å². The Hall–Kier alpha value is -2.31. The number of hydrogen-bond donors (Lipinski definition) is 0. The first-order chi connectivity index (χ1) is 11.1. The molecule has 0 bridgehead atoms. The van der Waals surface area contributed by atoms with Gasteiger partial charge in [-0.3, -0.25) is 0 Å². The van der Waals surface area contributed by atoms with E-state index in [1.165, 1.54) is 12.1 Å². The van der Waals surface area contributed by atoms with Gasteiger partial charge in [0.05, 0.1) is 0 Å². The van der Waals surface area contributed by atoms with Crippen molar-refractivity contribution in [2.75, 3.05) is 36.0 Å². The molecular weight excluding hydrogens is 300 g/mol. The lowest BCUT2D eigenvalue weighted by molar-refractivity contribution is 0.510. The third-order valence-electron chi connectivity index (χ3n) is 4.18. The monoisotopic (exact) mass is 319 g/mol. The van der Waals surface area contributed by atoms with E-state index in [2.05, 4.69) is 26.8 Å². The fourth-order valence-corrected chi connectivity index (χ4v) is 2.99. The van der Waals surface area contributed by atoms with Gasteiger partial charge >= 0.3 is 0 Å². The molecule has 0 radical (unpaired) electrons. The fraction of sp³-hybridized carbons (Fsp3) is 0.438. The summed E-state index contributed by atoms with van der Waals surface area (Å²) < 4.78 is 26.5. The van der Waals surface area contributed by atoms with Crippen LogP contribution < -0.4 is 9.80 Å². The van der Waals surface area contributed by atoms with Gasteiger partial charge in [0.2, 0.25) is 11.9 Å². The van der Waals surface area contributed by atoms with Gasteiger partial charge in [-0.1, -0.05) is 6.92 Å². The van der Waals surface area contributed by atoms with Gasteiger partial charge in [-0.2, -0.15) is 13.8 Å². The van der Waals surface area contributed by atoms with E-state index in [0.717, 1.165) is 36.6 Å². The highest BCUT2D eigenvalue weighted by atomic mass is 19.1. The number of nitrogens with zero attached hydrogens (tertiary/aromatic N) is 5. The first kappa shape index (κ1) is 15.6. The Morgan fingerprint density at radius 3 is 2.22 bits per heavy atom. The number of anilines is 2. The van der Waals surface area contributed by atoms with Crippen LogP contribution in [0.5, 0.6) is 0 Å². The Kier molecular flexibility index (Phi) is 4.36. The third-order valence-corrected chi connectivity index (χ3v) is 4.18. The number of halogens is 2. The first-order valence-corrected chi connectivity index (χ1v) is 7.72. The van der Waals surface area contributed by atoms with Crippen LogP contribution in [0.4, 0.5) is 20.3 Å². The number of hydrogen-bond acceptors (Lipinski definition) is 5. The van der Waals surface area contributed by atoms with Crippen LogP contribution in [0.2, 0.25) is 0 Å². The molecular formula is C16H19F2N5. The summed E-state index contributed by atoms with van der Waals surface area (Å²) in [6.07, 6.45) is 2.47. The zero-order chi connectivity index (χ0) is 16.4. The lowest BCUT2D eigenvalue weighted by Crippen LogP contribution is -2.47. The van der Waals surface area contributed by atoms with E-state index in [-0.39, 0.29) is 0 Å². The van der Waals surface area contributed by atoms with Crippen LogP contribution in [0.15, 0.2) is 18.5 Å². The Balaban J connectivity index is 1.75. The molecule has 0 spiro atoms. The second-order valence-corrected chi connectivity index (χ2v) is 5.56. The van der Waals surface area contributed by atoms with Crippen molar-refractivity contribution in [1.29, 1.82) is 0 Å². The molecule has 1 fully saturated rings. The lowest BCUT2D eigenvalue weighted by atomic mass is 10.1. The van der Waals surface area contributed by atoms with Crippen molar-refractivity contribution >= 4 is 11.5 Å². The molecule has 0 aromatic carbocycles. The molecule has 0 unspecified atom stereocenters. The molecule has 2 aromatic heterocycles. The molecule has 0 amide bonds. The molecule has 122 valence electrons. The molecule has 1 saturated heterocycles. The van der Waals surface area contributed by atoms with E-state index in [4.69, 9.17) is 0 Å². The highest BCUT2D eigenvalue weighted by Crippen LogP contribution is 2.24. The average Bonchev–Trinajstić information content (AvgIpc) is 2.54. The van der Waals surface area contributed by atoms with Crippen molar-refractivity contribution in [3.63, 3.8) is 0 Å². The van der Waals surface area contributed by atoms with Crippen LogP contribution in [0.3, 0.4) is 0 Å². The molecule has 7 heteroatoms. The largest absolute Gasteiger partial charge is 0.368 e. The Bertz CT molecular complexity index is 679. The zero-order valence-corrected chi connectivity index (χ0v) is 13.3. The summed E-state index contributed by atoms with van der Waals surface area (Å²) in [5.74, 6) is -0.615. The number of piperazine rings is 1. The molecule has 0 aliphatic carbocycles. The summed E-state index contributed by atoms with van der Waals surface area (Å²) >= 11 is 0. The van der Waals surface area contributed by atoms with Crippen molar-refractivity contribution in [2.45, 2.75) is 20.3 Å². The number of rotatable bonds is 3. The lowest BCUT2D eigenvalue weighted by Gasteiger charge is -2.37. The Morgan fingerprint density at radius 2 is 1.61 bits per heavy atom. The summed E-state index contributed by atoms with van der Waals surface area (Å²) in [6.45, 7) is 6.92. The summed E-state index contributed by atoms with van der Waals surface area (Å²) in [5.41, 5.74) is 2.68. The summed E-state index contributed by atoms with van der Waals surface area (Å²) in [7, 11) is 0. The topological polar surface area (TPSA) is 45.2 Å². The summed E-state index contributed by atoms with van der Waals surface area (Å²) in [4.78, 5) is 16.0. The minimum absolute atomic E-state index is 0.532. The van der Waals surface area contributed by atoms with Crippen LogP contribution in [0.25, 0.3) is 0 Å². The van der Waals surface area contributed by atoms with Crippen LogP contribution in [-0.4, -0.2) is 41.1 Å². The molecule has 5 nitrogen and oxygen atoms in total. The SMILES string of the molecule is CCc1c(C)ncnc1N1CCN(c2cc(F)nc(F)c2)CC1. The van der Waals surface area contributed by atoms with Gasteiger partial charge < -0.3 is 9.80 Å². The van der Waals surface area contributed by atoms with E-state index >= 15 is 0 Å². The second kappa shape index (κ2) is 6.44. The molecule has 0 saturated carbocycles. The molecule has 23 heavy (non-hydrogen) atoms. The molecule has 0 N–H and O–H groups in total. The predicted octanol–water partition coefficient (Wildman–Crippen LogP) is 2.35. The van der Waals surface area contributed by atoms with Crippen LogP contribution >= 0.6 is 0 Å². The van der Waals surface area contributed by atoms with Crippen LogP contribution in [-0.2, 0) is 6.42 Å². The Labute approximate surface area is 134 Å². The van der Waals surface area contributed by atoms with Gasteiger partial charge in [-0.25, -0.2) is 9.97 Å². The predicted molar refractivity (Wildman–Crippen MR) is 84.7 cm³/mol. The average molecular weight is 319 g/mol. The van der Waals surface area contributed by atoms with E-state index in [0.29, 0.717) is 18.8 Å². The fourth-order valence-electron chi connectivity index (χ4n) is 2.99.